The molecule has 0 aliphatic rings. The second kappa shape index (κ2) is 34.9. The first-order valence-corrected chi connectivity index (χ1v) is 43.0. The van der Waals surface area contributed by atoms with Crippen molar-refractivity contribution in [3.8, 4) is 0 Å². The summed E-state index contributed by atoms with van der Waals surface area (Å²) in [5, 5.41) is 5.20. The molecule has 0 aliphatic heterocycles. The topological polar surface area (TPSA) is 6.48 Å². The molecule has 7 aromatic rings. The van der Waals surface area contributed by atoms with Crippen LogP contribution in [0.1, 0.15) is 404 Å². The largest absolute Gasteiger partial charge is 0.309 e. The van der Waals surface area contributed by atoms with Crippen molar-refractivity contribution in [2.24, 2.45) is 0 Å². The number of hydrogen-bond donors (Lipinski definition) is 0. The Kier molecular flexibility index (Phi) is 28.7. The fourth-order valence-corrected chi connectivity index (χ4v) is 20.5. The van der Waals surface area contributed by atoms with Crippen molar-refractivity contribution >= 4 is 55.7 Å². The van der Waals surface area contributed by atoms with Gasteiger partial charge < -0.3 is 9.80 Å². The number of anilines is 6. The number of benzene rings is 7. The molecule has 0 fully saturated rings. The van der Waals surface area contributed by atoms with Crippen molar-refractivity contribution < 1.29 is 0 Å². The van der Waals surface area contributed by atoms with E-state index in [0.717, 1.165) is 148 Å². The molecule has 0 saturated heterocycles. The van der Waals surface area contributed by atoms with Crippen LogP contribution in [-0.2, 0) is 48.7 Å². The van der Waals surface area contributed by atoms with Crippen molar-refractivity contribution in [2.45, 2.75) is 403 Å². The van der Waals surface area contributed by atoms with E-state index in [1.807, 2.05) is 0 Å². The zero-order valence-corrected chi connectivity index (χ0v) is 71.2. The summed E-state index contributed by atoms with van der Waals surface area (Å²) in [6.45, 7) is 66.6. The molecular formula is C100H152N2. The van der Waals surface area contributed by atoms with Gasteiger partial charge in [0.25, 0.3) is 0 Å². The molecule has 562 valence electrons. The monoisotopic (exact) mass is 1380 g/mol. The highest BCUT2D eigenvalue weighted by atomic mass is 15.2. The molecule has 102 heavy (non-hydrogen) atoms. The Balaban J connectivity index is 1.97. The minimum atomic E-state index is -0.147. The fraction of sp³-hybridized carbons (Fsp3) is 0.620. The van der Waals surface area contributed by atoms with Gasteiger partial charge in [0.15, 0.2) is 0 Å². The van der Waals surface area contributed by atoms with Gasteiger partial charge in [-0.3, -0.25) is 0 Å². The lowest BCUT2D eigenvalue weighted by Crippen LogP contribution is -2.29. The average molecular weight is 1380 g/mol. The van der Waals surface area contributed by atoms with E-state index in [2.05, 4.69) is 312 Å². The van der Waals surface area contributed by atoms with Crippen molar-refractivity contribution in [3.05, 3.63) is 165 Å². The normalized spacial score (nSPS) is 13.3. The maximum absolute atomic E-state index is 2.91. The molecule has 0 atom stereocenters. The number of fused-ring (bicyclic) bond motifs is 2. The molecule has 7 aromatic carbocycles. The second-order valence-corrected chi connectivity index (χ2v) is 33.5. The molecule has 0 spiro atoms. The SMILES string of the molecule is CCCCC(CC)(CC)c1cc(N(c2cc(C(CC)(CC)CC)cc(C(CC)(CC)CC)c2)c2c3ccccc3c(N(c3cc(C(CC)(CC)CC)cc(C(CC)(CC)CC)c3)c3cc(C(CC)(CC)CC)cc(C(CC)(CC)CC)c3)c3ccc(C(C)(C)C)cc23)cc(C(CC)(CC)CC)c1. The Hall–Kier alpha value is -5.34. The van der Waals surface area contributed by atoms with Crippen LogP contribution >= 0.6 is 0 Å². The fourth-order valence-electron chi connectivity index (χ4n) is 20.5. The molecule has 0 saturated carbocycles. The summed E-state index contributed by atoms with van der Waals surface area (Å²) in [6.07, 6.45) is 28.7. The van der Waals surface area contributed by atoms with Gasteiger partial charge >= 0.3 is 0 Å². The Morgan fingerprint density at radius 2 is 0.422 bits per heavy atom. The van der Waals surface area contributed by atoms with Crippen LogP contribution in [0.5, 0.6) is 0 Å². The predicted molar refractivity (Wildman–Crippen MR) is 459 cm³/mol. The molecule has 0 radical (unpaired) electrons. The number of unbranched alkanes of at least 4 members (excludes halogenated alkanes) is 1. The van der Waals surface area contributed by atoms with Crippen molar-refractivity contribution in [3.63, 3.8) is 0 Å². The number of rotatable bonds is 40. The molecule has 0 aromatic heterocycles. The molecule has 0 amide bonds. The third kappa shape index (κ3) is 15.1. The molecule has 7 rings (SSSR count). The maximum Gasteiger partial charge on any atom is 0.0620 e. The van der Waals surface area contributed by atoms with Crippen molar-refractivity contribution in [2.75, 3.05) is 9.80 Å². The van der Waals surface area contributed by atoms with Gasteiger partial charge in [-0.25, -0.2) is 0 Å². The smallest absolute Gasteiger partial charge is 0.0620 e. The standard InChI is InChI=1S/C100H152N2/c1-28-52-59-100(50-23,51-24)81-63-80(99(47-20,48-21)49-22)70-85(71-81)102(84-68-78(97(41-14,42-15)43-16)62-79(69-84)98(44-17,45-18)46-19)91-87-56-54-53-55-86(87)90(88-58-57-73(72-89(88)91)92(25,26)27)101(82-64-74(93(29-2,30-3)31-4)60-75(65-82)94(32-5,33-6)34-7)83-66-76(95(35-8,36-9)37-10)61-77(67-83)96(38-11,39-12)40-13/h53-58,60-72H,28-52,59H2,1-27H3. The van der Waals surface area contributed by atoms with E-state index < -0.39 is 0 Å². The summed E-state index contributed by atoms with van der Waals surface area (Å²) >= 11 is 0. The van der Waals surface area contributed by atoms with Crippen LogP contribution in [0.25, 0.3) is 21.5 Å². The van der Waals surface area contributed by atoms with Crippen LogP contribution in [0.3, 0.4) is 0 Å². The van der Waals surface area contributed by atoms with Crippen molar-refractivity contribution in [1.29, 1.82) is 0 Å². The second-order valence-electron chi connectivity index (χ2n) is 33.5. The Labute approximate surface area is 629 Å². The van der Waals surface area contributed by atoms with E-state index >= 15 is 0 Å². The van der Waals surface area contributed by atoms with E-state index in [1.165, 1.54) is 125 Å². The zero-order valence-electron chi connectivity index (χ0n) is 71.2. The summed E-state index contributed by atoms with van der Waals surface area (Å²) in [5.74, 6) is 0. The maximum atomic E-state index is 2.91. The van der Waals surface area contributed by atoms with Crippen LogP contribution in [-0.4, -0.2) is 0 Å². The van der Waals surface area contributed by atoms with E-state index in [-0.39, 0.29) is 48.7 Å². The van der Waals surface area contributed by atoms with Crippen LogP contribution in [0.15, 0.2) is 115 Å². The van der Waals surface area contributed by atoms with E-state index in [0.29, 0.717) is 0 Å². The van der Waals surface area contributed by atoms with Crippen LogP contribution in [0.2, 0.25) is 0 Å². The van der Waals surface area contributed by atoms with Gasteiger partial charge in [0.2, 0.25) is 0 Å². The van der Waals surface area contributed by atoms with Gasteiger partial charge in [-0.15, -0.1) is 0 Å². The predicted octanol–water partition coefficient (Wildman–Crippen LogP) is 32.8. The van der Waals surface area contributed by atoms with E-state index in [4.69, 9.17) is 0 Å². The first kappa shape index (κ1) is 83.9. The molecule has 0 aliphatic carbocycles. The summed E-state index contributed by atoms with van der Waals surface area (Å²) in [4.78, 5) is 5.80. The van der Waals surface area contributed by atoms with Crippen LogP contribution in [0.4, 0.5) is 34.1 Å². The third-order valence-electron chi connectivity index (χ3n) is 30.5. The lowest BCUT2D eigenvalue weighted by molar-refractivity contribution is 0.349. The van der Waals surface area contributed by atoms with E-state index in [1.54, 1.807) is 0 Å². The van der Waals surface area contributed by atoms with Gasteiger partial charge in [-0.2, -0.15) is 0 Å². The summed E-state index contributed by atoms with van der Waals surface area (Å²) in [7, 11) is 0. The van der Waals surface area contributed by atoms with E-state index in [9.17, 15) is 0 Å². The molecule has 2 nitrogen and oxygen atoms in total. The molecule has 0 unspecified atom stereocenters. The van der Waals surface area contributed by atoms with Gasteiger partial charge in [0.05, 0.1) is 11.4 Å². The first-order valence-electron chi connectivity index (χ1n) is 43.0. The third-order valence-corrected chi connectivity index (χ3v) is 30.5. The lowest BCUT2D eigenvalue weighted by Gasteiger charge is -2.41. The van der Waals surface area contributed by atoms with Gasteiger partial charge in [0, 0.05) is 44.3 Å². The Morgan fingerprint density at radius 3 is 0.627 bits per heavy atom. The molecule has 0 heterocycles. The minimum Gasteiger partial charge on any atom is -0.309 e. The number of hydrogen-bond acceptors (Lipinski definition) is 2. The molecule has 2 heteroatoms. The van der Waals surface area contributed by atoms with Gasteiger partial charge in [0.1, 0.15) is 0 Å². The number of nitrogens with zero attached hydrogens (tertiary/aromatic N) is 2. The van der Waals surface area contributed by atoms with Crippen LogP contribution in [0, 0.1) is 0 Å². The molecule has 0 N–H and O–H groups in total. The summed E-state index contributed by atoms with van der Waals surface area (Å²) < 4.78 is 0. The average Bonchev–Trinajstić information content (AvgIpc) is 0.711. The minimum absolute atomic E-state index is 0.00529. The van der Waals surface area contributed by atoms with Gasteiger partial charge in [-0.05, 0) is 308 Å². The molecular weight excluding hydrogens is 1230 g/mol. The highest BCUT2D eigenvalue weighted by molar-refractivity contribution is 6.23. The first-order chi connectivity index (χ1) is 48.8. The quantitative estimate of drug-likeness (QED) is 0.0279. The summed E-state index contributed by atoms with van der Waals surface area (Å²) in [6, 6.07) is 50.5. The van der Waals surface area contributed by atoms with Crippen molar-refractivity contribution in [1.82, 2.24) is 0 Å². The highest BCUT2D eigenvalue weighted by Crippen LogP contribution is 2.57. The molecule has 0 bridgehead atoms. The lowest BCUT2D eigenvalue weighted by atomic mass is 9.68. The highest BCUT2D eigenvalue weighted by Gasteiger charge is 2.41. The van der Waals surface area contributed by atoms with Gasteiger partial charge in [-0.1, -0.05) is 260 Å². The zero-order chi connectivity index (χ0) is 75.4. The Bertz CT molecular complexity index is 3540. The summed E-state index contributed by atoms with van der Waals surface area (Å²) in [5.41, 5.74) is 21.1. The van der Waals surface area contributed by atoms with Crippen LogP contribution < -0.4 is 9.80 Å². The Morgan fingerprint density at radius 1 is 0.216 bits per heavy atom.